The van der Waals surface area contributed by atoms with Crippen LogP contribution in [0, 0.1) is 5.41 Å². The third-order valence-electron chi connectivity index (χ3n) is 1.27. The van der Waals surface area contributed by atoms with Gasteiger partial charge in [0.05, 0.1) is 5.04 Å². The van der Waals surface area contributed by atoms with Crippen LogP contribution < -0.4 is 0 Å². The maximum Gasteiger partial charge on any atom is 0.0902 e. The summed E-state index contributed by atoms with van der Waals surface area (Å²) in [6, 6.07) is 0. The molecule has 1 aliphatic carbocycles. The number of nitrogens with one attached hydrogen (secondary N) is 1. The van der Waals surface area contributed by atoms with Crippen LogP contribution >= 0.6 is 11.8 Å². The summed E-state index contributed by atoms with van der Waals surface area (Å²) in [6.07, 6.45) is 8.94. The molecular formula is C7H9NS. The second-order valence-electron chi connectivity index (χ2n) is 1.86. The van der Waals surface area contributed by atoms with Crippen LogP contribution in [0.1, 0.15) is 6.42 Å². The smallest absolute Gasteiger partial charge is 0.0902 e. The highest BCUT2D eigenvalue weighted by molar-refractivity contribution is 8.13. The predicted octanol–water partition coefficient (Wildman–Crippen LogP) is 2.21. The Bertz CT molecular complexity index is 179. The predicted molar refractivity (Wildman–Crippen MR) is 43.1 cm³/mol. The Morgan fingerprint density at radius 1 is 1.78 bits per heavy atom. The van der Waals surface area contributed by atoms with E-state index >= 15 is 0 Å². The molecule has 0 radical (unpaired) electrons. The first kappa shape index (κ1) is 6.62. The number of allylic oxidation sites excluding steroid dienone is 3. The molecule has 0 saturated heterocycles. The summed E-state index contributed by atoms with van der Waals surface area (Å²) in [5.74, 6) is 0. The molecule has 0 amide bonds. The number of hydrogen-bond acceptors (Lipinski definition) is 2. The lowest BCUT2D eigenvalue weighted by Gasteiger charge is -1.97. The van der Waals surface area contributed by atoms with E-state index in [1.807, 2.05) is 18.4 Å². The third kappa shape index (κ3) is 1.45. The molecule has 0 fully saturated rings. The van der Waals surface area contributed by atoms with Gasteiger partial charge >= 0.3 is 0 Å². The minimum atomic E-state index is 0.694. The average Bonchev–Trinajstić information content (AvgIpc) is 2.37. The highest BCUT2D eigenvalue weighted by atomic mass is 32.2. The molecule has 0 bridgehead atoms. The van der Waals surface area contributed by atoms with Gasteiger partial charge in [0.25, 0.3) is 0 Å². The quantitative estimate of drug-likeness (QED) is 0.437. The van der Waals surface area contributed by atoms with Crippen molar-refractivity contribution in [3.63, 3.8) is 0 Å². The SMILES string of the molecule is CSC(=N)C1=CC=CC1. The molecule has 48 valence electrons. The van der Waals surface area contributed by atoms with Crippen molar-refractivity contribution in [3.8, 4) is 0 Å². The Morgan fingerprint density at radius 2 is 2.56 bits per heavy atom. The van der Waals surface area contributed by atoms with Gasteiger partial charge in [-0.3, -0.25) is 5.41 Å². The van der Waals surface area contributed by atoms with Gasteiger partial charge in [0, 0.05) is 0 Å². The lowest BCUT2D eigenvalue weighted by molar-refractivity contribution is 1.36. The molecule has 0 aromatic carbocycles. The van der Waals surface area contributed by atoms with Crippen molar-refractivity contribution in [2.24, 2.45) is 0 Å². The van der Waals surface area contributed by atoms with Crippen LogP contribution in [-0.4, -0.2) is 11.3 Å². The van der Waals surface area contributed by atoms with Gasteiger partial charge in [0.15, 0.2) is 0 Å². The number of hydrogen-bond donors (Lipinski definition) is 1. The van der Waals surface area contributed by atoms with Gasteiger partial charge in [-0.2, -0.15) is 0 Å². The molecule has 1 aliphatic rings. The number of rotatable bonds is 1. The lowest BCUT2D eigenvalue weighted by atomic mass is 10.3. The molecule has 0 spiro atoms. The van der Waals surface area contributed by atoms with E-state index < -0.39 is 0 Å². The van der Waals surface area contributed by atoms with Crippen LogP contribution in [-0.2, 0) is 0 Å². The Balaban J connectivity index is 2.55. The zero-order chi connectivity index (χ0) is 6.69. The summed E-state index contributed by atoms with van der Waals surface area (Å²) < 4.78 is 0. The van der Waals surface area contributed by atoms with E-state index in [1.54, 1.807) is 0 Å². The molecule has 0 aliphatic heterocycles. The van der Waals surface area contributed by atoms with Gasteiger partial charge in [-0.25, -0.2) is 0 Å². The van der Waals surface area contributed by atoms with Crippen LogP contribution in [0.25, 0.3) is 0 Å². The standard InChI is InChI=1S/C7H9NS/c1-9-7(8)6-4-2-3-5-6/h2-4,8H,5H2,1H3. The molecular weight excluding hydrogens is 130 g/mol. The Labute approximate surface area is 59.4 Å². The van der Waals surface area contributed by atoms with Crippen LogP contribution in [0.4, 0.5) is 0 Å². The molecule has 0 aromatic heterocycles. The molecule has 0 atom stereocenters. The maximum atomic E-state index is 7.39. The molecule has 2 heteroatoms. The summed E-state index contributed by atoms with van der Waals surface area (Å²) >= 11 is 1.50. The van der Waals surface area contributed by atoms with Crippen molar-refractivity contribution in [1.29, 1.82) is 5.41 Å². The second-order valence-corrected chi connectivity index (χ2v) is 2.67. The first-order valence-corrected chi connectivity index (χ1v) is 4.05. The van der Waals surface area contributed by atoms with E-state index in [4.69, 9.17) is 5.41 Å². The van der Waals surface area contributed by atoms with Crippen LogP contribution in [0.2, 0.25) is 0 Å². The average molecular weight is 139 g/mol. The maximum absolute atomic E-state index is 7.39. The fourth-order valence-corrected chi connectivity index (χ4v) is 1.16. The van der Waals surface area contributed by atoms with E-state index in [0.29, 0.717) is 5.04 Å². The molecule has 1 nitrogen and oxygen atoms in total. The van der Waals surface area contributed by atoms with Gasteiger partial charge in [-0.05, 0) is 18.2 Å². The first-order valence-electron chi connectivity index (χ1n) is 2.83. The van der Waals surface area contributed by atoms with Crippen molar-refractivity contribution in [1.82, 2.24) is 0 Å². The van der Waals surface area contributed by atoms with Gasteiger partial charge in [0.1, 0.15) is 0 Å². The topological polar surface area (TPSA) is 23.9 Å². The van der Waals surface area contributed by atoms with Crippen molar-refractivity contribution < 1.29 is 0 Å². The Morgan fingerprint density at radius 3 is 3.00 bits per heavy atom. The van der Waals surface area contributed by atoms with Crippen molar-refractivity contribution in [2.45, 2.75) is 6.42 Å². The van der Waals surface area contributed by atoms with E-state index in [1.165, 1.54) is 11.8 Å². The summed E-state index contributed by atoms with van der Waals surface area (Å²) in [4.78, 5) is 0. The minimum absolute atomic E-state index is 0.694. The molecule has 0 unspecified atom stereocenters. The van der Waals surface area contributed by atoms with Crippen LogP contribution in [0.5, 0.6) is 0 Å². The third-order valence-corrected chi connectivity index (χ3v) is 1.94. The van der Waals surface area contributed by atoms with E-state index in [-0.39, 0.29) is 0 Å². The fourth-order valence-electron chi connectivity index (χ4n) is 0.747. The van der Waals surface area contributed by atoms with Crippen LogP contribution in [0.3, 0.4) is 0 Å². The van der Waals surface area contributed by atoms with E-state index in [2.05, 4.69) is 6.08 Å². The van der Waals surface area contributed by atoms with E-state index in [0.717, 1.165) is 12.0 Å². The molecule has 1 rings (SSSR count). The number of thioether (sulfide) groups is 1. The fraction of sp³-hybridized carbons (Fsp3) is 0.286. The van der Waals surface area contributed by atoms with Crippen LogP contribution in [0.15, 0.2) is 23.8 Å². The van der Waals surface area contributed by atoms with Gasteiger partial charge < -0.3 is 0 Å². The molecule has 0 saturated carbocycles. The molecule has 0 aromatic rings. The first-order chi connectivity index (χ1) is 4.34. The Kier molecular flexibility index (Phi) is 2.11. The highest BCUT2D eigenvalue weighted by Gasteiger charge is 2.02. The molecule has 0 heterocycles. The van der Waals surface area contributed by atoms with Crippen molar-refractivity contribution >= 4 is 16.8 Å². The van der Waals surface area contributed by atoms with E-state index in [9.17, 15) is 0 Å². The summed E-state index contributed by atoms with van der Waals surface area (Å²) in [7, 11) is 0. The van der Waals surface area contributed by atoms with Gasteiger partial charge in [-0.1, -0.05) is 18.2 Å². The lowest BCUT2D eigenvalue weighted by Crippen LogP contribution is -1.90. The zero-order valence-electron chi connectivity index (χ0n) is 5.35. The Hall–Kier alpha value is -0.500. The van der Waals surface area contributed by atoms with Crippen molar-refractivity contribution in [3.05, 3.63) is 23.8 Å². The monoisotopic (exact) mass is 139 g/mol. The summed E-state index contributed by atoms with van der Waals surface area (Å²) in [6.45, 7) is 0. The van der Waals surface area contributed by atoms with Gasteiger partial charge in [-0.15, -0.1) is 11.8 Å². The minimum Gasteiger partial charge on any atom is -0.294 e. The largest absolute Gasteiger partial charge is 0.294 e. The normalized spacial score (nSPS) is 15.9. The summed E-state index contributed by atoms with van der Waals surface area (Å²) in [5.41, 5.74) is 1.14. The molecule has 9 heavy (non-hydrogen) atoms. The highest BCUT2D eigenvalue weighted by Crippen LogP contribution is 2.16. The van der Waals surface area contributed by atoms with Gasteiger partial charge in [0.2, 0.25) is 0 Å². The van der Waals surface area contributed by atoms with Crippen molar-refractivity contribution in [2.75, 3.05) is 6.26 Å². The zero-order valence-corrected chi connectivity index (χ0v) is 6.16. The second kappa shape index (κ2) is 2.87. The summed E-state index contributed by atoms with van der Waals surface area (Å²) in [5, 5.41) is 8.08. The molecule has 1 N–H and O–H groups in total.